The molecule has 98 valence electrons. The van der Waals surface area contributed by atoms with Crippen molar-refractivity contribution in [2.24, 2.45) is 0 Å². The van der Waals surface area contributed by atoms with Crippen molar-refractivity contribution in [1.82, 2.24) is 5.32 Å². The number of rotatable bonds is 4. The Kier molecular flexibility index (Phi) is 3.86. The normalized spacial score (nSPS) is 21.4. The Hall–Kier alpha value is -1.56. The van der Waals surface area contributed by atoms with E-state index in [4.69, 9.17) is 4.74 Å². The molecule has 6 heteroatoms. The summed E-state index contributed by atoms with van der Waals surface area (Å²) < 4.78 is 27.7. The van der Waals surface area contributed by atoms with E-state index in [0.717, 1.165) is 0 Å². The van der Waals surface area contributed by atoms with Crippen LogP contribution in [0.5, 0.6) is 5.75 Å². The fraction of sp³-hybridized carbons (Fsp3) is 0.417. The van der Waals surface area contributed by atoms with Gasteiger partial charge in [-0.2, -0.15) is 0 Å². The number of para-hydroxylation sites is 1. The largest absolute Gasteiger partial charge is 0.484 e. The second-order valence-corrected chi connectivity index (χ2v) is 6.50. The molecule has 0 aromatic heterocycles. The van der Waals surface area contributed by atoms with Gasteiger partial charge in [-0.05, 0) is 18.6 Å². The first-order valence-electron chi connectivity index (χ1n) is 5.73. The molecule has 0 bridgehead atoms. The lowest BCUT2D eigenvalue weighted by Crippen LogP contribution is -2.38. The van der Waals surface area contributed by atoms with Crippen LogP contribution in [0.4, 0.5) is 0 Å². The van der Waals surface area contributed by atoms with Crippen LogP contribution >= 0.6 is 0 Å². The molecule has 1 fully saturated rings. The van der Waals surface area contributed by atoms with E-state index in [-0.39, 0.29) is 30.1 Å². The molecule has 18 heavy (non-hydrogen) atoms. The highest BCUT2D eigenvalue weighted by atomic mass is 32.2. The highest BCUT2D eigenvalue weighted by molar-refractivity contribution is 7.91. The van der Waals surface area contributed by atoms with Crippen LogP contribution in [0.2, 0.25) is 0 Å². The van der Waals surface area contributed by atoms with Crippen molar-refractivity contribution in [1.29, 1.82) is 0 Å². The smallest absolute Gasteiger partial charge is 0.258 e. The maximum Gasteiger partial charge on any atom is 0.258 e. The summed E-state index contributed by atoms with van der Waals surface area (Å²) in [5.41, 5.74) is 0. The molecule has 2 rings (SSSR count). The van der Waals surface area contributed by atoms with Crippen molar-refractivity contribution in [2.75, 3.05) is 18.1 Å². The Morgan fingerprint density at radius 2 is 2.06 bits per heavy atom. The number of hydrogen-bond donors (Lipinski definition) is 1. The number of benzene rings is 1. The Labute approximate surface area is 106 Å². The number of ether oxygens (including phenoxy) is 1. The predicted octanol–water partition coefficient (Wildman–Crippen LogP) is 0.369. The number of carbonyl (C=O) groups is 1. The van der Waals surface area contributed by atoms with Gasteiger partial charge in [-0.25, -0.2) is 8.42 Å². The van der Waals surface area contributed by atoms with E-state index in [0.29, 0.717) is 12.2 Å². The number of amides is 1. The minimum Gasteiger partial charge on any atom is -0.484 e. The van der Waals surface area contributed by atoms with E-state index in [1.807, 2.05) is 18.2 Å². The van der Waals surface area contributed by atoms with E-state index in [1.54, 1.807) is 12.1 Å². The lowest BCUT2D eigenvalue weighted by atomic mass is 10.2. The lowest BCUT2D eigenvalue weighted by molar-refractivity contribution is -0.123. The van der Waals surface area contributed by atoms with Gasteiger partial charge in [0.05, 0.1) is 11.5 Å². The molecule has 1 saturated heterocycles. The molecule has 1 aliphatic rings. The summed E-state index contributed by atoms with van der Waals surface area (Å²) in [6.45, 7) is -0.0967. The quantitative estimate of drug-likeness (QED) is 0.857. The van der Waals surface area contributed by atoms with E-state index in [1.165, 1.54) is 0 Å². The SMILES string of the molecule is O=C(COc1ccccc1)N[C@H]1CCS(=O)(=O)C1. The molecule has 1 N–H and O–H groups in total. The first kappa shape index (κ1) is 12.9. The molecule has 0 unspecified atom stereocenters. The molecule has 1 aliphatic heterocycles. The maximum atomic E-state index is 11.6. The average Bonchev–Trinajstić information content (AvgIpc) is 2.67. The Bertz CT molecular complexity index is 512. The highest BCUT2D eigenvalue weighted by Crippen LogP contribution is 2.11. The molecule has 0 aliphatic carbocycles. The van der Waals surface area contributed by atoms with Crippen LogP contribution in [0.1, 0.15) is 6.42 Å². The summed E-state index contributed by atoms with van der Waals surface area (Å²) in [6, 6.07) is 8.73. The van der Waals surface area contributed by atoms with Crippen LogP contribution in [0, 0.1) is 0 Å². The van der Waals surface area contributed by atoms with Gasteiger partial charge in [0, 0.05) is 6.04 Å². The van der Waals surface area contributed by atoms with Gasteiger partial charge >= 0.3 is 0 Å². The van der Waals surface area contributed by atoms with Gasteiger partial charge in [-0.15, -0.1) is 0 Å². The summed E-state index contributed by atoms with van der Waals surface area (Å²) in [4.78, 5) is 11.6. The van der Waals surface area contributed by atoms with Crippen LogP contribution in [-0.4, -0.2) is 38.5 Å². The number of hydrogen-bond acceptors (Lipinski definition) is 4. The minimum atomic E-state index is -2.96. The molecule has 1 atom stereocenters. The van der Waals surface area contributed by atoms with E-state index in [2.05, 4.69) is 5.32 Å². The zero-order valence-electron chi connectivity index (χ0n) is 9.83. The van der Waals surface area contributed by atoms with Gasteiger partial charge in [0.2, 0.25) is 0 Å². The lowest BCUT2D eigenvalue weighted by Gasteiger charge is -2.11. The van der Waals surface area contributed by atoms with Crippen molar-refractivity contribution in [3.8, 4) is 5.75 Å². The van der Waals surface area contributed by atoms with E-state index in [9.17, 15) is 13.2 Å². The van der Waals surface area contributed by atoms with Crippen molar-refractivity contribution in [3.05, 3.63) is 30.3 Å². The third-order valence-electron chi connectivity index (χ3n) is 2.71. The molecule has 1 aromatic rings. The number of carbonyl (C=O) groups excluding carboxylic acids is 1. The van der Waals surface area contributed by atoms with Gasteiger partial charge in [0.1, 0.15) is 5.75 Å². The fourth-order valence-corrected chi connectivity index (χ4v) is 3.52. The topological polar surface area (TPSA) is 72.5 Å². The first-order valence-corrected chi connectivity index (χ1v) is 7.55. The van der Waals surface area contributed by atoms with Gasteiger partial charge < -0.3 is 10.1 Å². The van der Waals surface area contributed by atoms with Crippen molar-refractivity contribution < 1.29 is 17.9 Å². The molecule has 5 nitrogen and oxygen atoms in total. The second-order valence-electron chi connectivity index (χ2n) is 4.27. The van der Waals surface area contributed by atoms with Crippen LogP contribution < -0.4 is 10.1 Å². The summed E-state index contributed by atoms with van der Waals surface area (Å²) in [5, 5.41) is 2.66. The molecule has 0 spiro atoms. The third-order valence-corrected chi connectivity index (χ3v) is 4.48. The third kappa shape index (κ3) is 3.73. The fourth-order valence-electron chi connectivity index (χ4n) is 1.84. The number of sulfone groups is 1. The molecule has 0 radical (unpaired) electrons. The molecule has 1 amide bonds. The molecule has 1 aromatic carbocycles. The maximum absolute atomic E-state index is 11.6. The summed E-state index contributed by atoms with van der Waals surface area (Å²) in [6.07, 6.45) is 0.486. The Morgan fingerprint density at radius 1 is 1.33 bits per heavy atom. The van der Waals surface area contributed by atoms with Gasteiger partial charge in [0.25, 0.3) is 5.91 Å². The average molecular weight is 269 g/mol. The predicted molar refractivity (Wildman–Crippen MR) is 67.1 cm³/mol. The number of nitrogens with one attached hydrogen (secondary N) is 1. The van der Waals surface area contributed by atoms with Crippen LogP contribution in [-0.2, 0) is 14.6 Å². The van der Waals surface area contributed by atoms with Crippen molar-refractivity contribution in [3.63, 3.8) is 0 Å². The van der Waals surface area contributed by atoms with E-state index < -0.39 is 9.84 Å². The molecular weight excluding hydrogens is 254 g/mol. The molecular formula is C12H15NO4S. The van der Waals surface area contributed by atoms with Crippen LogP contribution in [0.15, 0.2) is 30.3 Å². The minimum absolute atomic E-state index is 0.0318. The molecule has 1 heterocycles. The van der Waals surface area contributed by atoms with Crippen molar-refractivity contribution >= 4 is 15.7 Å². The Balaban J connectivity index is 1.76. The highest BCUT2D eigenvalue weighted by Gasteiger charge is 2.28. The van der Waals surface area contributed by atoms with Gasteiger partial charge in [-0.1, -0.05) is 18.2 Å². The zero-order chi connectivity index (χ0) is 13.0. The van der Waals surface area contributed by atoms with E-state index >= 15 is 0 Å². The summed E-state index contributed by atoms with van der Waals surface area (Å²) in [5.74, 6) is 0.509. The zero-order valence-corrected chi connectivity index (χ0v) is 10.7. The second kappa shape index (κ2) is 5.39. The summed E-state index contributed by atoms with van der Waals surface area (Å²) >= 11 is 0. The first-order chi connectivity index (χ1) is 8.55. The monoisotopic (exact) mass is 269 g/mol. The van der Waals surface area contributed by atoms with Crippen molar-refractivity contribution in [2.45, 2.75) is 12.5 Å². The standard InChI is InChI=1S/C12H15NO4S/c14-12(8-17-11-4-2-1-3-5-11)13-10-6-7-18(15,16)9-10/h1-5,10H,6-9H2,(H,13,14)/t10-/m0/s1. The van der Waals surface area contributed by atoms with Gasteiger partial charge in [-0.3, -0.25) is 4.79 Å². The van der Waals surface area contributed by atoms with Crippen LogP contribution in [0.25, 0.3) is 0 Å². The van der Waals surface area contributed by atoms with Gasteiger partial charge in [0.15, 0.2) is 16.4 Å². The molecule has 0 saturated carbocycles. The van der Waals surface area contributed by atoms with Crippen LogP contribution in [0.3, 0.4) is 0 Å². The summed E-state index contributed by atoms with van der Waals surface area (Å²) in [7, 11) is -2.96. The Morgan fingerprint density at radius 3 is 2.67 bits per heavy atom.